The van der Waals surface area contributed by atoms with Crippen LogP contribution in [-0.2, 0) is 0 Å². The van der Waals surface area contributed by atoms with Gasteiger partial charge in [-0.25, -0.2) is 29.9 Å². The van der Waals surface area contributed by atoms with Crippen LogP contribution in [0.2, 0.25) is 0 Å². The Bertz CT molecular complexity index is 6680. The highest BCUT2D eigenvalue weighted by atomic mass is 14.8. The number of hydrogen-bond donors (Lipinski definition) is 0. The van der Waals surface area contributed by atoms with E-state index >= 15 is 0 Å². The lowest BCUT2D eigenvalue weighted by Crippen LogP contribution is -1.91. The van der Waals surface area contributed by atoms with Crippen molar-refractivity contribution in [3.8, 4) is 89.8 Å². The Labute approximate surface area is 575 Å². The number of pyridine rings is 8. The second-order valence-corrected chi connectivity index (χ2v) is 25.4. The van der Waals surface area contributed by atoms with E-state index in [1.54, 1.807) is 0 Å². The summed E-state index contributed by atoms with van der Waals surface area (Å²) >= 11 is 0. The number of fused-ring (bicyclic) bond motifs is 12. The first-order chi connectivity index (χ1) is 49.5. The van der Waals surface area contributed by atoms with Gasteiger partial charge in [0.25, 0.3) is 0 Å². The van der Waals surface area contributed by atoms with Crippen LogP contribution in [0.1, 0.15) is 0 Å². The van der Waals surface area contributed by atoms with Crippen molar-refractivity contribution in [2.24, 2.45) is 0 Å². The lowest BCUT2D eigenvalue weighted by atomic mass is 9.93. The molecule has 0 bridgehead atoms. The van der Waals surface area contributed by atoms with Gasteiger partial charge < -0.3 is 0 Å². The van der Waals surface area contributed by atoms with Crippen molar-refractivity contribution in [2.45, 2.75) is 0 Å². The van der Waals surface area contributed by atoms with Crippen LogP contribution in [0.25, 0.3) is 199 Å². The van der Waals surface area contributed by atoms with E-state index in [2.05, 4.69) is 283 Å². The van der Waals surface area contributed by atoms with E-state index in [1.165, 1.54) is 32.7 Å². The summed E-state index contributed by atoms with van der Waals surface area (Å²) in [6.45, 7) is 0. The van der Waals surface area contributed by atoms with E-state index in [-0.39, 0.29) is 0 Å². The normalized spacial score (nSPS) is 11.6. The SMILES string of the molecule is c1ccc(-c2ccc3ccc4ccc(-c5cccc(-c6ccc7ccc(-c8ccc9ccc(-c%10cccc%11ncccc%10%11)nc9c8)nc7c6)c5)nc4c3n2)cc1.c1ccc2c(c1)cc(-c1ccc3ccc(-c4ccc5ccc(-c6cccc7ncccc67)nc5c4)nc3c1)c1ccccc12. The van der Waals surface area contributed by atoms with Gasteiger partial charge in [0.15, 0.2) is 0 Å². The summed E-state index contributed by atoms with van der Waals surface area (Å²) in [6.07, 6.45) is 3.66. The third-order valence-corrected chi connectivity index (χ3v) is 19.4. The third kappa shape index (κ3) is 10.6. The average Bonchev–Trinajstić information content (AvgIpc) is 0.772. The molecular formula is C92H56N8. The molecule has 0 unspecified atom stereocenters. The molecule has 0 amide bonds. The monoisotopic (exact) mass is 1270 g/mol. The van der Waals surface area contributed by atoms with Gasteiger partial charge in [0, 0.05) is 88.9 Å². The molecule has 20 aromatic rings. The van der Waals surface area contributed by atoms with Crippen LogP contribution < -0.4 is 0 Å². The summed E-state index contributed by atoms with van der Waals surface area (Å²) in [4.78, 5) is 39.9. The smallest absolute Gasteiger partial charge is 0.0972 e. The van der Waals surface area contributed by atoms with Gasteiger partial charge in [0.05, 0.1) is 78.3 Å². The van der Waals surface area contributed by atoms with Gasteiger partial charge in [0.2, 0.25) is 0 Å². The Hall–Kier alpha value is -13.6. The first kappa shape index (κ1) is 57.9. The molecule has 8 nitrogen and oxygen atoms in total. The summed E-state index contributed by atoms with van der Waals surface area (Å²) in [5.41, 5.74) is 24.0. The van der Waals surface area contributed by atoms with Crippen LogP contribution in [0.4, 0.5) is 0 Å². The molecule has 0 N–H and O–H groups in total. The number of benzene rings is 12. The molecule has 0 saturated heterocycles. The molecule has 464 valence electrons. The number of aromatic nitrogens is 8. The van der Waals surface area contributed by atoms with Gasteiger partial charge in [-0.2, -0.15) is 0 Å². The van der Waals surface area contributed by atoms with Gasteiger partial charge in [-0.3, -0.25) is 9.97 Å². The molecule has 0 aliphatic carbocycles. The van der Waals surface area contributed by atoms with Crippen molar-refractivity contribution in [3.05, 3.63) is 340 Å². The molecule has 0 radical (unpaired) electrons. The Balaban J connectivity index is 0.000000143. The average molecular weight is 1270 g/mol. The van der Waals surface area contributed by atoms with Crippen LogP contribution in [0.5, 0.6) is 0 Å². The van der Waals surface area contributed by atoms with E-state index in [0.717, 1.165) is 166 Å². The predicted molar refractivity (Wildman–Crippen MR) is 414 cm³/mol. The molecule has 100 heavy (non-hydrogen) atoms. The van der Waals surface area contributed by atoms with E-state index < -0.39 is 0 Å². The Morgan fingerprint density at radius 1 is 0.160 bits per heavy atom. The molecule has 0 atom stereocenters. The molecule has 0 fully saturated rings. The summed E-state index contributed by atoms with van der Waals surface area (Å²) in [6, 6.07) is 115. The van der Waals surface area contributed by atoms with Crippen molar-refractivity contribution < 1.29 is 0 Å². The number of hydrogen-bond acceptors (Lipinski definition) is 8. The summed E-state index contributed by atoms with van der Waals surface area (Å²) in [5.74, 6) is 0. The number of rotatable bonds is 8. The third-order valence-electron chi connectivity index (χ3n) is 19.4. The first-order valence-corrected chi connectivity index (χ1v) is 33.6. The van der Waals surface area contributed by atoms with Crippen molar-refractivity contribution >= 4 is 109 Å². The molecule has 8 aromatic heterocycles. The first-order valence-electron chi connectivity index (χ1n) is 33.6. The van der Waals surface area contributed by atoms with Gasteiger partial charge in [-0.1, -0.05) is 231 Å². The van der Waals surface area contributed by atoms with E-state index in [9.17, 15) is 0 Å². The molecule has 0 spiro atoms. The van der Waals surface area contributed by atoms with Gasteiger partial charge in [-0.15, -0.1) is 0 Å². The molecular weight excluding hydrogens is 1220 g/mol. The van der Waals surface area contributed by atoms with Gasteiger partial charge in [-0.05, 0) is 141 Å². The van der Waals surface area contributed by atoms with Crippen LogP contribution in [0.3, 0.4) is 0 Å². The fourth-order valence-corrected chi connectivity index (χ4v) is 14.3. The maximum Gasteiger partial charge on any atom is 0.0972 e. The summed E-state index contributed by atoms with van der Waals surface area (Å²) in [5, 5.41) is 13.8. The quantitative estimate of drug-likeness (QED) is 0.139. The van der Waals surface area contributed by atoms with Gasteiger partial charge >= 0.3 is 0 Å². The minimum Gasteiger partial charge on any atom is -0.256 e. The zero-order valence-electron chi connectivity index (χ0n) is 53.9. The van der Waals surface area contributed by atoms with Crippen molar-refractivity contribution in [1.29, 1.82) is 0 Å². The predicted octanol–water partition coefficient (Wildman–Crippen LogP) is 23.4. The van der Waals surface area contributed by atoms with Gasteiger partial charge in [0.1, 0.15) is 0 Å². The summed E-state index contributed by atoms with van der Waals surface area (Å²) in [7, 11) is 0. The Morgan fingerprint density at radius 3 is 1.11 bits per heavy atom. The van der Waals surface area contributed by atoms with Crippen LogP contribution in [0, 0.1) is 0 Å². The lowest BCUT2D eigenvalue weighted by Gasteiger charge is -2.12. The lowest BCUT2D eigenvalue weighted by molar-refractivity contribution is 1.36. The molecule has 0 aliphatic heterocycles. The van der Waals surface area contributed by atoms with Crippen molar-refractivity contribution in [3.63, 3.8) is 0 Å². The zero-order chi connectivity index (χ0) is 66.0. The minimum atomic E-state index is 0.900. The van der Waals surface area contributed by atoms with Crippen molar-refractivity contribution in [1.82, 2.24) is 39.9 Å². The van der Waals surface area contributed by atoms with Crippen LogP contribution in [0.15, 0.2) is 340 Å². The molecule has 20 rings (SSSR count). The fourth-order valence-electron chi connectivity index (χ4n) is 14.3. The van der Waals surface area contributed by atoms with E-state index in [0.29, 0.717) is 0 Å². The van der Waals surface area contributed by atoms with Crippen LogP contribution >= 0.6 is 0 Å². The molecule has 12 aromatic carbocycles. The van der Waals surface area contributed by atoms with E-state index in [1.807, 2.05) is 67.0 Å². The highest BCUT2D eigenvalue weighted by Crippen LogP contribution is 2.39. The fraction of sp³-hybridized carbons (Fsp3) is 0. The summed E-state index contributed by atoms with van der Waals surface area (Å²) < 4.78 is 0. The maximum atomic E-state index is 5.21. The minimum absolute atomic E-state index is 0.900. The topological polar surface area (TPSA) is 103 Å². The van der Waals surface area contributed by atoms with E-state index in [4.69, 9.17) is 29.9 Å². The number of nitrogens with zero attached hydrogens (tertiary/aromatic N) is 8. The second-order valence-electron chi connectivity index (χ2n) is 25.4. The maximum absolute atomic E-state index is 5.21. The van der Waals surface area contributed by atoms with Crippen molar-refractivity contribution in [2.75, 3.05) is 0 Å². The zero-order valence-corrected chi connectivity index (χ0v) is 53.9. The molecule has 8 heteroatoms. The largest absolute Gasteiger partial charge is 0.256 e. The highest BCUT2D eigenvalue weighted by Gasteiger charge is 2.16. The Kier molecular flexibility index (Phi) is 14.0. The Morgan fingerprint density at radius 2 is 0.530 bits per heavy atom. The highest BCUT2D eigenvalue weighted by molar-refractivity contribution is 6.14. The second kappa shape index (κ2) is 24.3. The molecule has 0 aliphatic rings. The standard InChI is InChI=1S/C51H31N5.C41H25N3/c1-2-7-32(8-3-1)43-25-22-35-16-17-36-23-26-45(56-51(36)50(35)55-43)39-10-4-9-37(29-39)38-18-14-33-20-24-44(53-48(33)30-38)40-19-15-34-21-27-47(54-49(34)31-40)42-11-5-13-46-41(42)12-6-28-52-46;1-2-8-31-28(7-1)23-36(33-10-4-3-9-32(31)33)29-16-14-26-18-20-37(43-40(26)24-29)30-17-15-27-19-21-39(44-41(27)25-30)35-11-5-13-38-34(35)12-6-22-42-38/h1-31H;1-25H. The van der Waals surface area contributed by atoms with Crippen LogP contribution in [-0.4, -0.2) is 39.9 Å². The molecule has 0 saturated carbocycles. The molecule has 8 heterocycles.